The molecule has 0 bridgehead atoms. The van der Waals surface area contributed by atoms with E-state index in [1.165, 1.54) is 4.57 Å². The van der Waals surface area contributed by atoms with Crippen LogP contribution in [0.5, 0.6) is 0 Å². The third-order valence-corrected chi connectivity index (χ3v) is 3.22. The van der Waals surface area contributed by atoms with Gasteiger partial charge in [-0.15, -0.1) is 0 Å². The monoisotopic (exact) mass is 254 g/mol. The SMILES string of the molecule is CCc1cn([C@H]2CC(N)[C@@H](CO)O2)c(=O)nc1N. The molecule has 1 aromatic rings. The van der Waals surface area contributed by atoms with Crippen LogP contribution in [0.25, 0.3) is 0 Å². The molecule has 2 heterocycles. The van der Waals surface area contributed by atoms with Crippen LogP contribution < -0.4 is 17.2 Å². The van der Waals surface area contributed by atoms with Crippen molar-refractivity contribution in [3.05, 3.63) is 22.2 Å². The molecule has 0 aliphatic carbocycles. The molecular formula is C11H18N4O3. The highest BCUT2D eigenvalue weighted by molar-refractivity contribution is 5.36. The van der Waals surface area contributed by atoms with E-state index in [-0.39, 0.29) is 18.5 Å². The number of aliphatic hydroxyl groups excluding tert-OH is 1. The first-order chi connectivity index (χ1) is 8.56. The summed E-state index contributed by atoms with van der Waals surface area (Å²) in [6, 6.07) is -0.283. The number of rotatable bonds is 3. The number of aliphatic hydroxyl groups is 1. The predicted octanol–water partition coefficient (Wildman–Crippen LogP) is -1.00. The first-order valence-corrected chi connectivity index (χ1v) is 5.96. The van der Waals surface area contributed by atoms with E-state index < -0.39 is 18.0 Å². The maximum Gasteiger partial charge on any atom is 0.351 e. The second-order valence-electron chi connectivity index (χ2n) is 4.41. The van der Waals surface area contributed by atoms with Crippen molar-refractivity contribution in [1.82, 2.24) is 9.55 Å². The number of hydrogen-bond acceptors (Lipinski definition) is 6. The third kappa shape index (κ3) is 2.24. The van der Waals surface area contributed by atoms with Gasteiger partial charge in [-0.05, 0) is 6.42 Å². The van der Waals surface area contributed by atoms with Crippen LogP contribution in [0, 0.1) is 0 Å². The molecule has 0 spiro atoms. The van der Waals surface area contributed by atoms with Gasteiger partial charge < -0.3 is 21.3 Å². The van der Waals surface area contributed by atoms with Crippen molar-refractivity contribution in [1.29, 1.82) is 0 Å². The molecule has 0 radical (unpaired) electrons. The normalized spacial score (nSPS) is 27.6. The highest BCUT2D eigenvalue weighted by atomic mass is 16.5. The van der Waals surface area contributed by atoms with Crippen LogP contribution in [-0.4, -0.2) is 33.4 Å². The van der Waals surface area contributed by atoms with E-state index in [4.69, 9.17) is 21.3 Å². The van der Waals surface area contributed by atoms with Crippen molar-refractivity contribution in [3.63, 3.8) is 0 Å². The Bertz CT molecular complexity index is 488. The van der Waals surface area contributed by atoms with E-state index in [0.717, 1.165) is 5.56 Å². The van der Waals surface area contributed by atoms with Gasteiger partial charge in [0.2, 0.25) is 0 Å². The third-order valence-electron chi connectivity index (χ3n) is 3.22. The Hall–Kier alpha value is -1.44. The first-order valence-electron chi connectivity index (χ1n) is 5.96. The van der Waals surface area contributed by atoms with E-state index in [1.807, 2.05) is 6.92 Å². The van der Waals surface area contributed by atoms with Gasteiger partial charge in [0, 0.05) is 24.2 Å². The van der Waals surface area contributed by atoms with Crippen LogP contribution in [0.1, 0.15) is 25.1 Å². The Morgan fingerprint density at radius 1 is 1.67 bits per heavy atom. The average Bonchev–Trinajstić information content (AvgIpc) is 2.70. The summed E-state index contributed by atoms with van der Waals surface area (Å²) in [5.41, 5.74) is 11.8. The lowest BCUT2D eigenvalue weighted by atomic mass is 10.1. The molecule has 2 rings (SSSR count). The minimum Gasteiger partial charge on any atom is -0.394 e. The van der Waals surface area contributed by atoms with E-state index >= 15 is 0 Å². The lowest BCUT2D eigenvalue weighted by Crippen LogP contribution is -2.32. The summed E-state index contributed by atoms with van der Waals surface area (Å²) in [6.07, 6.45) is 1.89. The lowest BCUT2D eigenvalue weighted by molar-refractivity contribution is -0.0271. The van der Waals surface area contributed by atoms with Gasteiger partial charge in [-0.2, -0.15) is 4.98 Å². The Morgan fingerprint density at radius 2 is 2.39 bits per heavy atom. The fraction of sp³-hybridized carbons (Fsp3) is 0.636. The maximum atomic E-state index is 11.8. The Labute approximate surface area is 104 Å². The van der Waals surface area contributed by atoms with Gasteiger partial charge in [-0.25, -0.2) is 4.79 Å². The van der Waals surface area contributed by atoms with Crippen LogP contribution in [0.3, 0.4) is 0 Å². The highest BCUT2D eigenvalue weighted by Gasteiger charge is 2.34. The minimum absolute atomic E-state index is 0.157. The number of nitrogens with two attached hydrogens (primary N) is 2. The number of ether oxygens (including phenoxy) is 1. The second-order valence-corrected chi connectivity index (χ2v) is 4.41. The molecule has 0 amide bonds. The number of hydrogen-bond donors (Lipinski definition) is 3. The number of aromatic nitrogens is 2. The summed E-state index contributed by atoms with van der Waals surface area (Å²) in [5.74, 6) is 0.250. The predicted molar refractivity (Wildman–Crippen MR) is 65.9 cm³/mol. The van der Waals surface area contributed by atoms with Crippen molar-refractivity contribution in [3.8, 4) is 0 Å². The summed E-state index contributed by atoms with van der Waals surface area (Å²) in [4.78, 5) is 15.6. The summed E-state index contributed by atoms with van der Waals surface area (Å²) >= 11 is 0. The zero-order valence-electron chi connectivity index (χ0n) is 10.2. The maximum absolute atomic E-state index is 11.8. The molecule has 3 atom stereocenters. The minimum atomic E-state index is -0.483. The van der Waals surface area contributed by atoms with E-state index in [1.54, 1.807) is 6.20 Å². The number of aryl methyl sites for hydroxylation is 1. The van der Waals surface area contributed by atoms with Gasteiger partial charge in [-0.3, -0.25) is 4.57 Å². The van der Waals surface area contributed by atoms with Crippen LogP contribution >= 0.6 is 0 Å². The van der Waals surface area contributed by atoms with Crippen molar-refractivity contribution in [2.45, 2.75) is 38.1 Å². The van der Waals surface area contributed by atoms with Gasteiger partial charge in [-0.1, -0.05) is 6.92 Å². The topological polar surface area (TPSA) is 116 Å². The van der Waals surface area contributed by atoms with Crippen LogP contribution in [0.4, 0.5) is 5.82 Å². The summed E-state index contributed by atoms with van der Waals surface area (Å²) in [6.45, 7) is 1.77. The molecule has 100 valence electrons. The van der Waals surface area contributed by atoms with Crippen molar-refractivity contribution in [2.24, 2.45) is 5.73 Å². The second kappa shape index (κ2) is 5.05. The van der Waals surface area contributed by atoms with Crippen LogP contribution in [-0.2, 0) is 11.2 Å². The molecule has 1 aliphatic rings. The van der Waals surface area contributed by atoms with Crippen molar-refractivity contribution in [2.75, 3.05) is 12.3 Å². The fourth-order valence-corrected chi connectivity index (χ4v) is 2.10. The largest absolute Gasteiger partial charge is 0.394 e. The Kier molecular flexibility index (Phi) is 3.65. The molecule has 1 aliphatic heterocycles. The molecule has 7 nitrogen and oxygen atoms in total. The van der Waals surface area contributed by atoms with Crippen LogP contribution in [0.15, 0.2) is 11.0 Å². The van der Waals surface area contributed by atoms with E-state index in [2.05, 4.69) is 4.98 Å². The Balaban J connectivity index is 2.32. The molecule has 1 aromatic heterocycles. The molecule has 5 N–H and O–H groups in total. The fourth-order valence-electron chi connectivity index (χ4n) is 2.10. The van der Waals surface area contributed by atoms with Gasteiger partial charge in [0.05, 0.1) is 12.7 Å². The molecule has 18 heavy (non-hydrogen) atoms. The van der Waals surface area contributed by atoms with E-state index in [9.17, 15) is 4.79 Å². The molecule has 1 unspecified atom stereocenters. The van der Waals surface area contributed by atoms with Crippen molar-refractivity contribution >= 4 is 5.82 Å². The smallest absolute Gasteiger partial charge is 0.351 e. The zero-order valence-corrected chi connectivity index (χ0v) is 10.2. The molecule has 1 saturated heterocycles. The number of nitrogen functional groups attached to an aromatic ring is 1. The van der Waals surface area contributed by atoms with Gasteiger partial charge in [0.1, 0.15) is 12.0 Å². The van der Waals surface area contributed by atoms with Gasteiger partial charge in [0.25, 0.3) is 0 Å². The molecule has 1 fully saturated rings. The van der Waals surface area contributed by atoms with E-state index in [0.29, 0.717) is 12.8 Å². The molecule has 0 saturated carbocycles. The van der Waals surface area contributed by atoms with Gasteiger partial charge in [0.15, 0.2) is 0 Å². The number of anilines is 1. The molecular weight excluding hydrogens is 236 g/mol. The number of nitrogens with zero attached hydrogens (tertiary/aromatic N) is 2. The summed E-state index contributed by atoms with van der Waals surface area (Å²) in [5, 5.41) is 9.09. The van der Waals surface area contributed by atoms with Crippen molar-refractivity contribution < 1.29 is 9.84 Å². The standard InChI is InChI=1S/C11H18N4O3/c1-2-6-4-15(11(17)14-10(6)13)9-3-7(12)8(5-16)18-9/h4,7-9,16H,2-3,5,12H2,1H3,(H2,13,14,17)/t7?,8-,9-/m1/s1. The summed E-state index contributed by atoms with van der Waals surface area (Å²) in [7, 11) is 0. The lowest BCUT2D eigenvalue weighted by Gasteiger charge is -2.15. The first kappa shape index (κ1) is 13.0. The highest BCUT2D eigenvalue weighted by Crippen LogP contribution is 2.26. The van der Waals surface area contributed by atoms with Gasteiger partial charge >= 0.3 is 5.69 Å². The Morgan fingerprint density at radius 3 is 2.94 bits per heavy atom. The summed E-state index contributed by atoms with van der Waals surface area (Å²) < 4.78 is 6.93. The molecule has 0 aromatic carbocycles. The molecule has 7 heteroatoms. The van der Waals surface area contributed by atoms with Crippen LogP contribution in [0.2, 0.25) is 0 Å². The average molecular weight is 254 g/mol. The zero-order chi connectivity index (χ0) is 13.3. The quantitative estimate of drug-likeness (QED) is 0.636.